The van der Waals surface area contributed by atoms with E-state index in [1.807, 2.05) is 0 Å². The van der Waals surface area contributed by atoms with Crippen molar-refractivity contribution in [3.8, 4) is 0 Å². The van der Waals surface area contributed by atoms with Gasteiger partial charge in [-0.25, -0.2) is 0 Å². The second kappa shape index (κ2) is 4.32. The Labute approximate surface area is 113 Å². The van der Waals surface area contributed by atoms with Gasteiger partial charge in [-0.15, -0.1) is 0 Å². The van der Waals surface area contributed by atoms with E-state index < -0.39 is 14.1 Å². The zero-order chi connectivity index (χ0) is 12.7. The number of benzene rings is 2. The molecule has 0 spiro atoms. The summed E-state index contributed by atoms with van der Waals surface area (Å²) in [6.07, 6.45) is 0. The zero-order valence-electron chi connectivity index (χ0n) is 9.17. The SMILES string of the molecule is O=C1c2ccccc2[Se](=O)N1c1ccc(Cl)cc1. The molecule has 0 saturated carbocycles. The van der Waals surface area contributed by atoms with Crippen molar-refractivity contribution in [3.05, 3.63) is 59.1 Å². The maximum absolute atomic E-state index is 12.4. The molecule has 2 aromatic rings. The summed E-state index contributed by atoms with van der Waals surface area (Å²) in [4.78, 5) is 12.2. The number of hydrogen-bond acceptors (Lipinski definition) is 2. The topological polar surface area (TPSA) is 37.4 Å². The Morgan fingerprint density at radius 1 is 1.00 bits per heavy atom. The van der Waals surface area contributed by atoms with Gasteiger partial charge in [0, 0.05) is 0 Å². The van der Waals surface area contributed by atoms with Crippen LogP contribution in [0.5, 0.6) is 0 Å². The molecule has 1 atom stereocenters. The number of carbonyl (C=O) groups is 1. The third-order valence-electron chi connectivity index (χ3n) is 2.72. The third-order valence-corrected chi connectivity index (χ3v) is 5.99. The van der Waals surface area contributed by atoms with Crippen LogP contribution >= 0.6 is 11.6 Å². The molecule has 1 aliphatic heterocycles. The first-order valence-electron chi connectivity index (χ1n) is 5.29. The molecule has 0 N–H and O–H groups in total. The molecule has 1 aliphatic rings. The minimum absolute atomic E-state index is 0.201. The Hall–Kier alpha value is -1.48. The summed E-state index contributed by atoms with van der Waals surface area (Å²) in [6, 6.07) is 13.8. The molecule has 18 heavy (non-hydrogen) atoms. The van der Waals surface area contributed by atoms with E-state index in [-0.39, 0.29) is 5.91 Å². The van der Waals surface area contributed by atoms with E-state index in [1.165, 1.54) is 3.92 Å². The predicted molar refractivity (Wildman–Crippen MR) is 70.8 cm³/mol. The van der Waals surface area contributed by atoms with Gasteiger partial charge in [0.1, 0.15) is 0 Å². The number of rotatable bonds is 1. The Balaban J connectivity index is 2.09. The van der Waals surface area contributed by atoms with Crippen LogP contribution in [0.3, 0.4) is 0 Å². The standard InChI is InChI=1S/C13H8ClNO2Se/c14-9-5-7-10(8-6-9)15-13(16)11-3-1-2-4-12(11)18(15)17/h1-8H. The average Bonchev–Trinajstić information content (AvgIpc) is 2.64. The Bertz CT molecular complexity index is 619. The molecule has 0 fully saturated rings. The maximum atomic E-state index is 12.4. The Kier molecular flexibility index (Phi) is 2.78. The van der Waals surface area contributed by atoms with Crippen LogP contribution in [0.15, 0.2) is 48.5 Å². The van der Waals surface area contributed by atoms with Crippen LogP contribution in [0.1, 0.15) is 10.4 Å². The zero-order valence-corrected chi connectivity index (χ0v) is 11.6. The molecule has 0 bridgehead atoms. The molecule has 2 aromatic carbocycles. The second-order valence-corrected chi connectivity index (χ2v) is 6.99. The van der Waals surface area contributed by atoms with Crippen LogP contribution in [-0.2, 0) is 3.83 Å². The summed E-state index contributed by atoms with van der Waals surface area (Å²) in [6.45, 7) is 0. The van der Waals surface area contributed by atoms with E-state index in [0.717, 1.165) is 0 Å². The number of carbonyl (C=O) groups excluding carboxylic acids is 1. The van der Waals surface area contributed by atoms with Gasteiger partial charge >= 0.3 is 113 Å². The van der Waals surface area contributed by atoms with E-state index in [0.29, 0.717) is 20.7 Å². The molecule has 0 saturated heterocycles. The molecule has 3 rings (SSSR count). The van der Waals surface area contributed by atoms with E-state index in [9.17, 15) is 8.63 Å². The number of nitrogens with zero attached hydrogens (tertiary/aromatic N) is 1. The van der Waals surface area contributed by atoms with Crippen molar-refractivity contribution in [2.45, 2.75) is 0 Å². The number of halogens is 1. The first-order chi connectivity index (χ1) is 8.68. The van der Waals surface area contributed by atoms with E-state index in [2.05, 4.69) is 0 Å². The van der Waals surface area contributed by atoms with Crippen molar-refractivity contribution in [1.82, 2.24) is 0 Å². The predicted octanol–water partition coefficient (Wildman–Crippen LogP) is 2.13. The molecule has 1 heterocycles. The van der Waals surface area contributed by atoms with Crippen LogP contribution in [0.25, 0.3) is 0 Å². The fourth-order valence-electron chi connectivity index (χ4n) is 1.87. The molecular formula is C13H8ClNO2Se. The summed E-state index contributed by atoms with van der Waals surface area (Å²) < 4.78 is 14.4. The van der Waals surface area contributed by atoms with E-state index in [4.69, 9.17) is 11.6 Å². The third kappa shape index (κ3) is 1.70. The molecule has 90 valence electrons. The van der Waals surface area contributed by atoms with Gasteiger partial charge in [-0.05, 0) is 0 Å². The van der Waals surface area contributed by atoms with Crippen LogP contribution in [0, 0.1) is 0 Å². The number of fused-ring (bicyclic) bond motifs is 1. The van der Waals surface area contributed by atoms with Gasteiger partial charge < -0.3 is 0 Å². The molecule has 0 aliphatic carbocycles. The normalized spacial score (nSPS) is 17.9. The van der Waals surface area contributed by atoms with E-state index in [1.54, 1.807) is 48.5 Å². The molecule has 3 nitrogen and oxygen atoms in total. The number of hydrogen-bond donors (Lipinski definition) is 0. The van der Waals surface area contributed by atoms with Gasteiger partial charge in [-0.1, -0.05) is 0 Å². The number of anilines is 1. The van der Waals surface area contributed by atoms with Gasteiger partial charge in [-0.2, -0.15) is 0 Å². The first-order valence-corrected chi connectivity index (χ1v) is 7.99. The van der Waals surface area contributed by atoms with Crippen molar-refractivity contribution in [3.63, 3.8) is 0 Å². The van der Waals surface area contributed by atoms with Crippen molar-refractivity contribution < 1.29 is 8.63 Å². The molecular weight excluding hydrogens is 317 g/mol. The van der Waals surface area contributed by atoms with Crippen molar-refractivity contribution in [2.75, 3.05) is 3.92 Å². The number of amides is 1. The molecule has 0 radical (unpaired) electrons. The molecule has 5 heteroatoms. The van der Waals surface area contributed by atoms with Gasteiger partial charge in [-0.3, -0.25) is 0 Å². The van der Waals surface area contributed by atoms with Gasteiger partial charge in [0.15, 0.2) is 0 Å². The molecule has 1 unspecified atom stereocenters. The summed E-state index contributed by atoms with van der Waals surface area (Å²) in [5.74, 6) is -0.201. The molecule has 1 amide bonds. The van der Waals surface area contributed by atoms with Crippen LogP contribution in [0.2, 0.25) is 5.02 Å². The first kappa shape index (κ1) is 11.6. The fourth-order valence-corrected chi connectivity index (χ4v) is 4.72. The van der Waals surface area contributed by atoms with Crippen LogP contribution in [-0.4, -0.2) is 20.0 Å². The van der Waals surface area contributed by atoms with Gasteiger partial charge in [0.25, 0.3) is 0 Å². The minimum atomic E-state index is -2.52. The summed E-state index contributed by atoms with van der Waals surface area (Å²) >= 11 is 3.29. The quantitative estimate of drug-likeness (QED) is 0.754. The van der Waals surface area contributed by atoms with Crippen molar-refractivity contribution in [1.29, 1.82) is 0 Å². The van der Waals surface area contributed by atoms with Gasteiger partial charge in [0.05, 0.1) is 0 Å². The van der Waals surface area contributed by atoms with E-state index >= 15 is 0 Å². The summed E-state index contributed by atoms with van der Waals surface area (Å²) in [5.41, 5.74) is 1.16. The summed E-state index contributed by atoms with van der Waals surface area (Å²) in [5, 5.41) is 0.588. The van der Waals surface area contributed by atoms with Gasteiger partial charge in [0.2, 0.25) is 0 Å². The second-order valence-electron chi connectivity index (χ2n) is 3.82. The fraction of sp³-hybridized carbons (Fsp3) is 0. The van der Waals surface area contributed by atoms with Crippen molar-refractivity contribution >= 4 is 41.7 Å². The Morgan fingerprint density at radius 2 is 1.67 bits per heavy atom. The van der Waals surface area contributed by atoms with Crippen molar-refractivity contribution in [2.24, 2.45) is 0 Å². The average molecular weight is 325 g/mol. The summed E-state index contributed by atoms with van der Waals surface area (Å²) in [7, 11) is 0. The Morgan fingerprint density at radius 3 is 2.33 bits per heavy atom. The van der Waals surface area contributed by atoms with Crippen LogP contribution < -0.4 is 8.38 Å². The molecule has 0 aromatic heterocycles. The van der Waals surface area contributed by atoms with Crippen LogP contribution in [0.4, 0.5) is 5.69 Å². The monoisotopic (exact) mass is 325 g/mol.